The summed E-state index contributed by atoms with van der Waals surface area (Å²) in [6, 6.07) is 5.03. The highest BCUT2D eigenvalue weighted by Crippen LogP contribution is 2.19. The van der Waals surface area contributed by atoms with E-state index in [1.54, 1.807) is 9.80 Å². The van der Waals surface area contributed by atoms with E-state index < -0.39 is 6.04 Å². The van der Waals surface area contributed by atoms with Crippen molar-refractivity contribution < 1.29 is 23.5 Å². The Morgan fingerprint density at radius 2 is 1.68 bits per heavy atom. The molecule has 2 aliphatic rings. The Morgan fingerprint density at radius 3 is 2.29 bits per heavy atom. The number of hydrogen-bond donors (Lipinski definition) is 1. The number of carbonyl (C=O) groups excluding carboxylic acids is 2. The summed E-state index contributed by atoms with van der Waals surface area (Å²) in [7, 11) is 0. The quantitative estimate of drug-likeness (QED) is 0.777. The van der Waals surface area contributed by atoms with Gasteiger partial charge in [0, 0.05) is 39.4 Å². The molecule has 1 aromatic carbocycles. The molecule has 0 saturated carbocycles. The van der Waals surface area contributed by atoms with Crippen LogP contribution >= 0.6 is 12.4 Å². The van der Waals surface area contributed by atoms with Crippen LogP contribution in [0.3, 0.4) is 0 Å². The highest BCUT2D eigenvalue weighted by Gasteiger charge is 2.32. The number of ether oxygens (including phenoxy) is 2. The number of hydrogen-bond acceptors (Lipinski definition) is 5. The number of piperazine rings is 1. The molecule has 0 aromatic heterocycles. The summed E-state index contributed by atoms with van der Waals surface area (Å²) in [5.74, 6) is 0.0566. The van der Waals surface area contributed by atoms with Crippen LogP contribution in [0.4, 0.5) is 4.39 Å². The second-order valence-corrected chi connectivity index (χ2v) is 6.92. The van der Waals surface area contributed by atoms with E-state index in [1.165, 1.54) is 24.3 Å². The Hall–Kier alpha value is -1.90. The van der Waals surface area contributed by atoms with Crippen LogP contribution in [0.25, 0.3) is 0 Å². The van der Waals surface area contributed by atoms with E-state index in [0.29, 0.717) is 45.1 Å². The second-order valence-electron chi connectivity index (χ2n) is 6.92. The Kier molecular flexibility index (Phi) is 8.47. The van der Waals surface area contributed by atoms with Crippen LogP contribution in [0.5, 0.6) is 5.75 Å². The fourth-order valence-corrected chi connectivity index (χ4v) is 3.43. The van der Waals surface area contributed by atoms with Gasteiger partial charge in [-0.05, 0) is 43.0 Å². The van der Waals surface area contributed by atoms with Gasteiger partial charge in [-0.3, -0.25) is 9.59 Å². The lowest BCUT2D eigenvalue weighted by Crippen LogP contribution is -2.56. The molecule has 1 atom stereocenters. The first-order valence-electron chi connectivity index (χ1n) is 9.33. The van der Waals surface area contributed by atoms with Crippen molar-refractivity contribution in [1.82, 2.24) is 9.80 Å². The number of rotatable bonds is 5. The smallest absolute Gasteiger partial charge is 0.260 e. The van der Waals surface area contributed by atoms with Gasteiger partial charge >= 0.3 is 0 Å². The molecule has 1 aromatic rings. The molecular weight excluding hydrogens is 389 g/mol. The Balaban J connectivity index is 0.00000280. The molecule has 2 heterocycles. The maximum atomic E-state index is 12.9. The zero-order chi connectivity index (χ0) is 19.2. The van der Waals surface area contributed by atoms with E-state index in [1.807, 2.05) is 0 Å². The van der Waals surface area contributed by atoms with Crippen LogP contribution in [0, 0.1) is 11.7 Å². The standard InChI is InChI=1S/C19H26FN3O4.ClH/c20-15-1-3-16(4-2-15)27-13-17(24)22-7-9-23(10-8-22)19(25)18(21)14-5-11-26-12-6-14;/h1-4,14,18H,5-13,21H2;1H. The molecule has 2 aliphatic heterocycles. The fraction of sp³-hybridized carbons (Fsp3) is 0.579. The Morgan fingerprint density at radius 1 is 1.11 bits per heavy atom. The first-order valence-corrected chi connectivity index (χ1v) is 9.33. The van der Waals surface area contributed by atoms with Crippen molar-refractivity contribution in [3.8, 4) is 5.75 Å². The molecule has 2 N–H and O–H groups in total. The lowest BCUT2D eigenvalue weighted by atomic mass is 9.91. The van der Waals surface area contributed by atoms with Gasteiger partial charge in [0.25, 0.3) is 5.91 Å². The highest BCUT2D eigenvalue weighted by molar-refractivity contribution is 5.85. The molecule has 7 nitrogen and oxygen atoms in total. The van der Waals surface area contributed by atoms with E-state index in [2.05, 4.69) is 0 Å². The van der Waals surface area contributed by atoms with Crippen LogP contribution in [0.15, 0.2) is 24.3 Å². The van der Waals surface area contributed by atoms with Crippen molar-refractivity contribution in [2.24, 2.45) is 11.7 Å². The molecule has 3 rings (SSSR count). The minimum absolute atomic E-state index is 0. The molecule has 2 amide bonds. The number of nitrogens with zero attached hydrogens (tertiary/aromatic N) is 2. The summed E-state index contributed by atoms with van der Waals surface area (Å²) in [5.41, 5.74) is 6.17. The molecular formula is C19H27ClFN3O4. The molecule has 1 unspecified atom stereocenters. The number of halogens is 2. The van der Waals surface area contributed by atoms with Gasteiger partial charge in [0.05, 0.1) is 6.04 Å². The monoisotopic (exact) mass is 415 g/mol. The first-order chi connectivity index (χ1) is 13.0. The van der Waals surface area contributed by atoms with Crippen LogP contribution in [-0.2, 0) is 14.3 Å². The van der Waals surface area contributed by atoms with Crippen LogP contribution in [0.2, 0.25) is 0 Å². The van der Waals surface area contributed by atoms with Crippen LogP contribution in [-0.4, -0.2) is 73.7 Å². The average molecular weight is 416 g/mol. The third-order valence-corrected chi connectivity index (χ3v) is 5.18. The van der Waals surface area contributed by atoms with Gasteiger partial charge in [-0.25, -0.2) is 4.39 Å². The zero-order valence-corrected chi connectivity index (χ0v) is 16.5. The van der Waals surface area contributed by atoms with E-state index in [4.69, 9.17) is 15.2 Å². The van der Waals surface area contributed by atoms with Gasteiger partial charge in [-0.15, -0.1) is 12.4 Å². The second kappa shape index (κ2) is 10.6. The predicted molar refractivity (Wildman–Crippen MR) is 104 cm³/mol. The number of benzene rings is 1. The molecule has 0 spiro atoms. The third-order valence-electron chi connectivity index (χ3n) is 5.18. The highest BCUT2D eigenvalue weighted by atomic mass is 35.5. The predicted octanol–water partition coefficient (Wildman–Crippen LogP) is 1.05. The van der Waals surface area contributed by atoms with Crippen molar-refractivity contribution >= 4 is 24.2 Å². The number of amides is 2. The van der Waals surface area contributed by atoms with Gasteiger partial charge in [-0.2, -0.15) is 0 Å². The molecule has 2 fully saturated rings. The van der Waals surface area contributed by atoms with Gasteiger partial charge in [0.1, 0.15) is 11.6 Å². The summed E-state index contributed by atoms with van der Waals surface area (Å²) < 4.78 is 23.6. The van der Waals surface area contributed by atoms with Crippen molar-refractivity contribution in [3.05, 3.63) is 30.1 Å². The van der Waals surface area contributed by atoms with Gasteiger partial charge in [0.2, 0.25) is 5.91 Å². The topological polar surface area (TPSA) is 85.1 Å². The van der Waals surface area contributed by atoms with Gasteiger partial charge < -0.3 is 25.0 Å². The molecule has 0 aliphatic carbocycles. The first kappa shape index (κ1) is 22.4. The fourth-order valence-electron chi connectivity index (χ4n) is 3.43. The van der Waals surface area contributed by atoms with E-state index in [-0.39, 0.29) is 42.6 Å². The van der Waals surface area contributed by atoms with Crippen molar-refractivity contribution in [3.63, 3.8) is 0 Å². The number of nitrogens with two attached hydrogens (primary N) is 1. The Labute approximate surface area is 170 Å². The summed E-state index contributed by atoms with van der Waals surface area (Å²) in [6.07, 6.45) is 1.62. The van der Waals surface area contributed by atoms with Crippen LogP contribution in [0.1, 0.15) is 12.8 Å². The van der Waals surface area contributed by atoms with Crippen molar-refractivity contribution in [1.29, 1.82) is 0 Å². The molecule has 9 heteroatoms. The summed E-state index contributed by atoms with van der Waals surface area (Å²) >= 11 is 0. The molecule has 156 valence electrons. The lowest BCUT2D eigenvalue weighted by Gasteiger charge is -2.37. The zero-order valence-electron chi connectivity index (χ0n) is 15.7. The largest absolute Gasteiger partial charge is 0.484 e. The average Bonchev–Trinajstić information content (AvgIpc) is 2.73. The summed E-state index contributed by atoms with van der Waals surface area (Å²) in [4.78, 5) is 28.3. The molecule has 0 bridgehead atoms. The lowest BCUT2D eigenvalue weighted by molar-refractivity contribution is -0.142. The maximum Gasteiger partial charge on any atom is 0.260 e. The SMILES string of the molecule is Cl.NC(C(=O)N1CCN(C(=O)COc2ccc(F)cc2)CC1)C1CCOCC1. The molecule has 2 saturated heterocycles. The Bertz CT molecular complexity index is 647. The van der Waals surface area contributed by atoms with Gasteiger partial charge in [0.15, 0.2) is 6.61 Å². The minimum atomic E-state index is -0.502. The van der Waals surface area contributed by atoms with Crippen molar-refractivity contribution in [2.45, 2.75) is 18.9 Å². The molecule has 28 heavy (non-hydrogen) atoms. The van der Waals surface area contributed by atoms with E-state index >= 15 is 0 Å². The molecule has 0 radical (unpaired) electrons. The maximum absolute atomic E-state index is 12.9. The summed E-state index contributed by atoms with van der Waals surface area (Å²) in [5, 5.41) is 0. The summed E-state index contributed by atoms with van der Waals surface area (Å²) in [6.45, 7) is 3.05. The van der Waals surface area contributed by atoms with Crippen molar-refractivity contribution in [2.75, 3.05) is 46.0 Å². The third kappa shape index (κ3) is 5.80. The number of carbonyl (C=O) groups is 2. The van der Waals surface area contributed by atoms with E-state index in [9.17, 15) is 14.0 Å². The minimum Gasteiger partial charge on any atom is -0.484 e. The van der Waals surface area contributed by atoms with Crippen LogP contribution < -0.4 is 10.5 Å². The van der Waals surface area contributed by atoms with E-state index in [0.717, 1.165) is 12.8 Å². The normalized spacial score (nSPS) is 18.9. The van der Waals surface area contributed by atoms with Gasteiger partial charge in [-0.1, -0.05) is 0 Å².